The van der Waals surface area contributed by atoms with Crippen LogP contribution in [0.4, 0.5) is 5.69 Å². The van der Waals surface area contributed by atoms with Crippen LogP contribution in [0.5, 0.6) is 0 Å². The topological polar surface area (TPSA) is 50.7 Å². The number of hydrogen-bond acceptors (Lipinski definition) is 4. The van der Waals surface area contributed by atoms with E-state index in [2.05, 4.69) is 30.4 Å². The molecule has 0 amide bonds. The van der Waals surface area contributed by atoms with Crippen molar-refractivity contribution in [3.63, 3.8) is 0 Å². The zero-order chi connectivity index (χ0) is 15.8. The highest BCUT2D eigenvalue weighted by molar-refractivity contribution is 5.62. The van der Waals surface area contributed by atoms with Crippen LogP contribution in [0.15, 0.2) is 42.2 Å². The Bertz CT molecular complexity index is 652. The van der Waals surface area contributed by atoms with Gasteiger partial charge in [-0.15, -0.1) is 0 Å². The summed E-state index contributed by atoms with van der Waals surface area (Å²) in [6.45, 7) is 3.43. The molecular formula is C19H23NO3. The highest BCUT2D eigenvalue weighted by Gasteiger charge is 2.43. The maximum Gasteiger partial charge on any atom is 0.113 e. The normalized spacial score (nSPS) is 32.5. The van der Waals surface area contributed by atoms with Crippen molar-refractivity contribution < 1.29 is 14.6 Å². The third-order valence-corrected chi connectivity index (χ3v) is 5.07. The lowest BCUT2D eigenvalue weighted by Gasteiger charge is -2.45. The minimum atomic E-state index is -0.0297. The second kappa shape index (κ2) is 6.02. The first kappa shape index (κ1) is 14.8. The van der Waals surface area contributed by atoms with Crippen molar-refractivity contribution in [2.24, 2.45) is 5.92 Å². The van der Waals surface area contributed by atoms with Crippen molar-refractivity contribution in [1.29, 1.82) is 0 Å². The molecule has 1 unspecified atom stereocenters. The van der Waals surface area contributed by atoms with Crippen LogP contribution in [0.1, 0.15) is 30.6 Å². The number of rotatable bonds is 2. The molecule has 4 heteroatoms. The van der Waals surface area contributed by atoms with Crippen molar-refractivity contribution in [2.45, 2.75) is 38.0 Å². The molecule has 2 N–H and O–H groups in total. The number of nitrogens with one attached hydrogen (secondary N) is 1. The molecule has 0 saturated carbocycles. The lowest BCUT2D eigenvalue weighted by Crippen LogP contribution is -2.51. The molecule has 4 rings (SSSR count). The van der Waals surface area contributed by atoms with Crippen molar-refractivity contribution in [3.05, 3.63) is 53.3 Å². The summed E-state index contributed by atoms with van der Waals surface area (Å²) >= 11 is 0. The Kier molecular flexibility index (Phi) is 3.87. The fourth-order valence-corrected chi connectivity index (χ4v) is 3.97. The van der Waals surface area contributed by atoms with Gasteiger partial charge >= 0.3 is 0 Å². The Morgan fingerprint density at radius 3 is 2.96 bits per heavy atom. The molecule has 1 aliphatic carbocycles. The zero-order valence-corrected chi connectivity index (χ0v) is 13.4. The van der Waals surface area contributed by atoms with Gasteiger partial charge in [-0.2, -0.15) is 0 Å². The molecule has 0 spiro atoms. The Balaban J connectivity index is 1.74. The molecule has 3 aliphatic rings. The number of hydrogen-bond donors (Lipinski definition) is 2. The van der Waals surface area contributed by atoms with Gasteiger partial charge in [0.15, 0.2) is 0 Å². The lowest BCUT2D eigenvalue weighted by atomic mass is 9.80. The number of aryl methyl sites for hydroxylation is 1. The molecule has 4 nitrogen and oxygen atoms in total. The monoisotopic (exact) mass is 313 g/mol. The summed E-state index contributed by atoms with van der Waals surface area (Å²) in [5, 5.41) is 13.6. The van der Waals surface area contributed by atoms with Gasteiger partial charge in [0.05, 0.1) is 19.3 Å². The zero-order valence-electron chi connectivity index (χ0n) is 13.4. The summed E-state index contributed by atoms with van der Waals surface area (Å²) in [5.41, 5.74) is 3.69. The first-order chi connectivity index (χ1) is 11.3. The Morgan fingerprint density at radius 2 is 2.13 bits per heavy atom. The van der Waals surface area contributed by atoms with E-state index in [1.54, 1.807) is 6.08 Å². The first-order valence-corrected chi connectivity index (χ1v) is 8.46. The molecule has 2 aliphatic heterocycles. The predicted octanol–water partition coefficient (Wildman–Crippen LogP) is 3.52. The SMILES string of the molecule is CCc1cccc2c1N[C@@H](C1C=C(O)C=CC1)[C@@H]1OCCO[C@H]21. The number of allylic oxidation sites excluding steroid dienone is 2. The van der Waals surface area contributed by atoms with Crippen LogP contribution >= 0.6 is 0 Å². The van der Waals surface area contributed by atoms with Crippen LogP contribution in [0.3, 0.4) is 0 Å². The largest absolute Gasteiger partial charge is 0.508 e. The van der Waals surface area contributed by atoms with E-state index < -0.39 is 0 Å². The third-order valence-electron chi connectivity index (χ3n) is 5.07. The van der Waals surface area contributed by atoms with Crippen LogP contribution < -0.4 is 5.32 Å². The quantitative estimate of drug-likeness (QED) is 0.877. The van der Waals surface area contributed by atoms with Crippen LogP contribution in [0.2, 0.25) is 0 Å². The molecule has 1 aromatic carbocycles. The van der Waals surface area contributed by atoms with Crippen molar-refractivity contribution in [3.8, 4) is 0 Å². The smallest absolute Gasteiger partial charge is 0.113 e. The summed E-state index contributed by atoms with van der Waals surface area (Å²) < 4.78 is 12.2. The fraction of sp³-hybridized carbons (Fsp3) is 0.474. The lowest BCUT2D eigenvalue weighted by molar-refractivity contribution is -0.153. The third kappa shape index (κ3) is 2.56. The summed E-state index contributed by atoms with van der Waals surface area (Å²) in [7, 11) is 0. The summed E-state index contributed by atoms with van der Waals surface area (Å²) in [4.78, 5) is 0. The molecule has 1 aromatic rings. The van der Waals surface area contributed by atoms with Gasteiger partial charge in [0.25, 0.3) is 0 Å². The average Bonchev–Trinajstić information content (AvgIpc) is 2.60. The highest BCUT2D eigenvalue weighted by Crippen LogP contribution is 2.43. The second-order valence-electron chi connectivity index (χ2n) is 6.43. The number of anilines is 1. The van der Waals surface area contributed by atoms with Crippen LogP contribution in [0.25, 0.3) is 0 Å². The molecule has 1 saturated heterocycles. The maximum atomic E-state index is 9.88. The van der Waals surface area contributed by atoms with Gasteiger partial charge in [-0.25, -0.2) is 0 Å². The van der Waals surface area contributed by atoms with Gasteiger partial charge in [-0.05, 0) is 30.6 Å². The van der Waals surface area contributed by atoms with E-state index in [1.165, 1.54) is 16.8 Å². The predicted molar refractivity (Wildman–Crippen MR) is 89.6 cm³/mol. The molecule has 23 heavy (non-hydrogen) atoms. The molecule has 4 atom stereocenters. The molecule has 0 radical (unpaired) electrons. The van der Waals surface area contributed by atoms with Gasteiger partial charge in [0.2, 0.25) is 0 Å². The van der Waals surface area contributed by atoms with E-state index in [9.17, 15) is 5.11 Å². The molecule has 0 aromatic heterocycles. The van der Waals surface area contributed by atoms with Crippen molar-refractivity contribution in [1.82, 2.24) is 0 Å². The van der Waals surface area contributed by atoms with Gasteiger partial charge in [-0.1, -0.05) is 31.2 Å². The van der Waals surface area contributed by atoms with Gasteiger partial charge < -0.3 is 19.9 Å². The number of fused-ring (bicyclic) bond motifs is 3. The van der Waals surface area contributed by atoms with E-state index in [0.717, 1.165) is 12.8 Å². The minimum Gasteiger partial charge on any atom is -0.508 e. The molecule has 2 heterocycles. The van der Waals surface area contributed by atoms with Gasteiger partial charge in [-0.3, -0.25) is 0 Å². The van der Waals surface area contributed by atoms with E-state index in [-0.39, 0.29) is 24.2 Å². The van der Waals surface area contributed by atoms with E-state index in [0.29, 0.717) is 19.0 Å². The van der Waals surface area contributed by atoms with Crippen molar-refractivity contribution in [2.75, 3.05) is 18.5 Å². The summed E-state index contributed by atoms with van der Waals surface area (Å²) in [6, 6.07) is 6.51. The average molecular weight is 313 g/mol. The standard InChI is InChI=1S/C19H23NO3/c1-2-12-5-4-8-15-16(12)20-17(13-6-3-7-14(21)11-13)19-18(15)22-9-10-23-19/h3-5,7-8,11,13,17-21H,2,6,9-10H2,1H3/t13?,17-,18+,19-/m0/s1. The minimum absolute atomic E-state index is 0.0242. The summed E-state index contributed by atoms with van der Waals surface area (Å²) in [5.74, 6) is 0.540. The summed E-state index contributed by atoms with van der Waals surface area (Å²) in [6.07, 6.45) is 7.56. The van der Waals surface area contributed by atoms with Gasteiger partial charge in [0, 0.05) is 17.2 Å². The van der Waals surface area contributed by atoms with Crippen LogP contribution in [-0.4, -0.2) is 30.5 Å². The Labute approximate surface area is 136 Å². The maximum absolute atomic E-state index is 9.88. The molecule has 122 valence electrons. The van der Waals surface area contributed by atoms with E-state index >= 15 is 0 Å². The molecule has 0 bridgehead atoms. The fourth-order valence-electron chi connectivity index (χ4n) is 3.97. The Morgan fingerprint density at radius 1 is 1.26 bits per heavy atom. The highest BCUT2D eigenvalue weighted by atomic mass is 16.6. The number of benzene rings is 1. The Hall–Kier alpha value is -1.78. The van der Waals surface area contributed by atoms with Crippen LogP contribution in [-0.2, 0) is 15.9 Å². The number of ether oxygens (including phenoxy) is 2. The van der Waals surface area contributed by atoms with E-state index in [4.69, 9.17) is 9.47 Å². The number of aliphatic hydroxyl groups is 1. The number of para-hydroxylation sites is 1. The van der Waals surface area contributed by atoms with Crippen molar-refractivity contribution >= 4 is 5.69 Å². The van der Waals surface area contributed by atoms with Crippen LogP contribution in [0, 0.1) is 5.92 Å². The molecule has 1 fully saturated rings. The van der Waals surface area contributed by atoms with Gasteiger partial charge in [0.1, 0.15) is 18.0 Å². The second-order valence-corrected chi connectivity index (χ2v) is 6.43. The first-order valence-electron chi connectivity index (χ1n) is 8.46. The molecular weight excluding hydrogens is 290 g/mol. The van der Waals surface area contributed by atoms with E-state index in [1.807, 2.05) is 12.2 Å². The number of aliphatic hydroxyl groups excluding tert-OH is 1.